The number of fused-ring (bicyclic) bond motifs is 1. The first-order valence-corrected chi connectivity index (χ1v) is 2.85. The largest absolute Gasteiger partial charge is 1.00 e. The molecule has 0 radical (unpaired) electrons. The number of hydrogen-bond donors (Lipinski definition) is 1. The summed E-state index contributed by atoms with van der Waals surface area (Å²) in [6.45, 7) is 0. The van der Waals surface area contributed by atoms with Crippen LogP contribution in [-0.4, -0.2) is 9.97 Å². The average Bonchev–Trinajstić information content (AvgIpc) is 2.33. The van der Waals surface area contributed by atoms with Crippen LogP contribution in [0, 0.1) is 0 Å². The van der Waals surface area contributed by atoms with Gasteiger partial charge in [0.25, 0.3) is 0 Å². The molecule has 4 heteroatoms. The number of nitrogens with one attached hydrogen (secondary N) is 1. The zero-order valence-corrected chi connectivity index (χ0v) is 10.1. The molecule has 0 spiro atoms. The van der Waals surface area contributed by atoms with E-state index in [4.69, 9.17) is 0 Å². The van der Waals surface area contributed by atoms with Gasteiger partial charge in [-0.3, -0.25) is 0 Å². The van der Waals surface area contributed by atoms with Gasteiger partial charge in [0.2, 0.25) is 0 Å². The Morgan fingerprint density at radius 2 is 1.91 bits per heavy atom. The molecular weight excluding hydrogens is 187 g/mol. The zero-order chi connectivity index (χ0) is 6.10. The molecule has 0 atom stereocenters. The smallest absolute Gasteiger partial charge is 1.00 e. The summed E-state index contributed by atoms with van der Waals surface area (Å²) in [6, 6.07) is 7.94. The number of imidazole rings is 1. The molecule has 0 amide bonds. The SMILES string of the molecule is [Cl-].[K+].c1ccc2[nH]cnc2c1. The predicted molar refractivity (Wildman–Crippen MR) is 36.1 cm³/mol. The van der Waals surface area contributed by atoms with Gasteiger partial charge in [-0.2, -0.15) is 0 Å². The fourth-order valence-corrected chi connectivity index (χ4v) is 0.880. The van der Waals surface area contributed by atoms with Crippen LogP contribution < -0.4 is 63.8 Å². The first-order chi connectivity index (χ1) is 4.47. The molecule has 0 aliphatic rings. The first kappa shape index (κ1) is 11.6. The molecule has 1 heterocycles. The third-order valence-corrected chi connectivity index (χ3v) is 1.33. The number of para-hydroxylation sites is 2. The number of aromatic amines is 1. The molecular formula is C7H6ClKN2. The van der Waals surface area contributed by atoms with Gasteiger partial charge < -0.3 is 17.4 Å². The summed E-state index contributed by atoms with van der Waals surface area (Å²) in [5.41, 5.74) is 2.12. The van der Waals surface area contributed by atoms with Crippen LogP contribution in [0.25, 0.3) is 11.0 Å². The van der Waals surface area contributed by atoms with Gasteiger partial charge >= 0.3 is 51.4 Å². The normalized spacial score (nSPS) is 8.36. The second-order valence-electron chi connectivity index (χ2n) is 1.92. The Morgan fingerprint density at radius 1 is 1.18 bits per heavy atom. The Morgan fingerprint density at radius 3 is 2.64 bits per heavy atom. The minimum atomic E-state index is 0. The van der Waals surface area contributed by atoms with E-state index in [1.54, 1.807) is 6.33 Å². The van der Waals surface area contributed by atoms with Crippen molar-refractivity contribution in [1.29, 1.82) is 0 Å². The molecule has 0 saturated carbocycles. The quantitative estimate of drug-likeness (QED) is 0.420. The maximum absolute atomic E-state index is 4.06. The number of hydrogen-bond acceptors (Lipinski definition) is 1. The van der Waals surface area contributed by atoms with Gasteiger partial charge in [-0.05, 0) is 12.1 Å². The van der Waals surface area contributed by atoms with E-state index in [-0.39, 0.29) is 63.8 Å². The monoisotopic (exact) mass is 192 g/mol. The molecule has 2 nitrogen and oxygen atoms in total. The molecule has 0 aliphatic heterocycles. The number of halogens is 1. The van der Waals surface area contributed by atoms with E-state index in [9.17, 15) is 0 Å². The minimum Gasteiger partial charge on any atom is -1.00 e. The first-order valence-electron chi connectivity index (χ1n) is 2.85. The molecule has 1 N–H and O–H groups in total. The Kier molecular flexibility index (Phi) is 5.59. The Labute approximate surface area is 114 Å². The van der Waals surface area contributed by atoms with Crippen molar-refractivity contribution in [1.82, 2.24) is 9.97 Å². The van der Waals surface area contributed by atoms with Gasteiger partial charge in [-0.15, -0.1) is 0 Å². The molecule has 0 bridgehead atoms. The number of H-pyrrole nitrogens is 1. The third-order valence-electron chi connectivity index (χ3n) is 1.33. The van der Waals surface area contributed by atoms with E-state index in [0.717, 1.165) is 11.0 Å². The van der Waals surface area contributed by atoms with Crippen molar-refractivity contribution in [3.63, 3.8) is 0 Å². The molecule has 0 unspecified atom stereocenters. The summed E-state index contributed by atoms with van der Waals surface area (Å²) in [6.07, 6.45) is 1.70. The van der Waals surface area contributed by atoms with Crippen LogP contribution in [0.3, 0.4) is 0 Å². The average molecular weight is 193 g/mol. The van der Waals surface area contributed by atoms with E-state index in [2.05, 4.69) is 9.97 Å². The van der Waals surface area contributed by atoms with Gasteiger partial charge in [-0.1, -0.05) is 12.1 Å². The summed E-state index contributed by atoms with van der Waals surface area (Å²) in [5, 5.41) is 0. The van der Waals surface area contributed by atoms with Gasteiger partial charge in [0, 0.05) is 0 Å². The molecule has 0 fully saturated rings. The van der Waals surface area contributed by atoms with Crippen molar-refractivity contribution in [3.05, 3.63) is 30.6 Å². The summed E-state index contributed by atoms with van der Waals surface area (Å²) >= 11 is 0. The Bertz CT molecular complexity index is 290. The molecule has 2 rings (SSSR count). The Balaban J connectivity index is 0.000000500. The van der Waals surface area contributed by atoms with Crippen LogP contribution in [0.2, 0.25) is 0 Å². The fraction of sp³-hybridized carbons (Fsp3) is 0. The van der Waals surface area contributed by atoms with Crippen LogP contribution in [-0.2, 0) is 0 Å². The van der Waals surface area contributed by atoms with Crippen molar-refractivity contribution in [3.8, 4) is 0 Å². The zero-order valence-electron chi connectivity index (χ0n) is 6.21. The fourth-order valence-electron chi connectivity index (χ4n) is 0.880. The van der Waals surface area contributed by atoms with Gasteiger partial charge in [-0.25, -0.2) is 4.98 Å². The molecule has 2 aromatic rings. The van der Waals surface area contributed by atoms with E-state index in [1.807, 2.05) is 24.3 Å². The number of benzene rings is 1. The summed E-state index contributed by atoms with van der Waals surface area (Å²) in [5.74, 6) is 0. The molecule has 0 saturated heterocycles. The summed E-state index contributed by atoms with van der Waals surface area (Å²) < 4.78 is 0. The van der Waals surface area contributed by atoms with Crippen LogP contribution in [0.5, 0.6) is 0 Å². The van der Waals surface area contributed by atoms with Gasteiger partial charge in [0.05, 0.1) is 17.4 Å². The summed E-state index contributed by atoms with van der Waals surface area (Å²) in [7, 11) is 0. The molecule has 1 aromatic heterocycles. The second kappa shape index (κ2) is 5.30. The summed E-state index contributed by atoms with van der Waals surface area (Å²) in [4.78, 5) is 7.07. The van der Waals surface area contributed by atoms with Crippen molar-refractivity contribution >= 4 is 11.0 Å². The molecule has 0 aliphatic carbocycles. The van der Waals surface area contributed by atoms with E-state index in [0.29, 0.717) is 0 Å². The number of rotatable bonds is 0. The molecule has 52 valence electrons. The van der Waals surface area contributed by atoms with Crippen molar-refractivity contribution < 1.29 is 63.8 Å². The van der Waals surface area contributed by atoms with Crippen LogP contribution >= 0.6 is 0 Å². The maximum atomic E-state index is 4.06. The Hall–Kier alpha value is 0.616. The van der Waals surface area contributed by atoms with Gasteiger partial charge in [0.1, 0.15) is 0 Å². The molecule has 11 heavy (non-hydrogen) atoms. The third kappa shape index (κ3) is 2.54. The van der Waals surface area contributed by atoms with E-state index < -0.39 is 0 Å². The number of nitrogens with zero attached hydrogens (tertiary/aromatic N) is 1. The standard InChI is InChI=1S/C7H6N2.ClH.K/c1-2-4-7-6(3-1)8-5-9-7;;/h1-5H,(H,8,9);1H;/q;;+1/p-1. The maximum Gasteiger partial charge on any atom is 1.00 e. The topological polar surface area (TPSA) is 28.7 Å². The minimum absolute atomic E-state index is 0. The van der Waals surface area contributed by atoms with Crippen molar-refractivity contribution in [2.45, 2.75) is 0 Å². The van der Waals surface area contributed by atoms with Crippen molar-refractivity contribution in [2.75, 3.05) is 0 Å². The van der Waals surface area contributed by atoms with Crippen molar-refractivity contribution in [2.24, 2.45) is 0 Å². The van der Waals surface area contributed by atoms with Crippen LogP contribution in [0.15, 0.2) is 30.6 Å². The van der Waals surface area contributed by atoms with Crippen LogP contribution in [0.1, 0.15) is 0 Å². The van der Waals surface area contributed by atoms with E-state index in [1.165, 1.54) is 0 Å². The van der Waals surface area contributed by atoms with E-state index >= 15 is 0 Å². The predicted octanol–water partition coefficient (Wildman–Crippen LogP) is -4.43. The molecule has 1 aromatic carbocycles. The van der Waals surface area contributed by atoms with Gasteiger partial charge in [0.15, 0.2) is 0 Å². The van der Waals surface area contributed by atoms with Crippen LogP contribution in [0.4, 0.5) is 0 Å². The number of aromatic nitrogens is 2. The second-order valence-corrected chi connectivity index (χ2v) is 1.92.